The maximum atomic E-state index is 10.7. The highest BCUT2D eigenvalue weighted by Gasteiger charge is 2.17. The Hall–Kier alpha value is -3.57. The Morgan fingerprint density at radius 3 is 2.78 bits per heavy atom. The van der Waals surface area contributed by atoms with Gasteiger partial charge < -0.3 is 14.4 Å². The van der Waals surface area contributed by atoms with Gasteiger partial charge in [-0.15, -0.1) is 0 Å². The predicted octanol–water partition coefficient (Wildman–Crippen LogP) is 4.01. The average molecular weight is 385 g/mol. The van der Waals surface area contributed by atoms with Gasteiger partial charge in [-0.2, -0.15) is 5.26 Å². The van der Waals surface area contributed by atoms with E-state index in [9.17, 15) is 20.5 Å². The van der Waals surface area contributed by atoms with Crippen LogP contribution in [0, 0.1) is 21.4 Å². The number of nitro groups is 1. The Labute approximate surface area is 158 Å². The van der Waals surface area contributed by atoms with Crippen LogP contribution in [0.3, 0.4) is 0 Å². The van der Waals surface area contributed by atoms with Gasteiger partial charge in [0.05, 0.1) is 21.0 Å². The van der Waals surface area contributed by atoms with Crippen molar-refractivity contribution in [3.8, 4) is 11.8 Å². The van der Waals surface area contributed by atoms with Gasteiger partial charge in [-0.05, 0) is 18.2 Å². The van der Waals surface area contributed by atoms with Crippen LogP contribution in [0.2, 0.25) is 5.02 Å². The number of aliphatic hydroxyl groups is 1. The number of ether oxygens (including phenoxy) is 1. The van der Waals surface area contributed by atoms with E-state index in [2.05, 4.69) is 4.98 Å². The molecule has 0 unspecified atom stereocenters. The molecule has 0 radical (unpaired) electrons. The predicted molar refractivity (Wildman–Crippen MR) is 99.5 cm³/mol. The Bertz CT molecular complexity index is 1110. The zero-order chi connectivity index (χ0) is 19.6. The number of aliphatic hydroxyl groups excluding tert-OH is 1. The molecule has 0 amide bonds. The number of imidazole rings is 1. The number of hydrogen-bond acceptors (Lipinski definition) is 6. The summed E-state index contributed by atoms with van der Waals surface area (Å²) in [5, 5.41) is 30.6. The summed E-state index contributed by atoms with van der Waals surface area (Å²) in [7, 11) is 1.74. The standard InChI is InChI=1S/C18H13ClN4O4/c1-22-15-5-3-2-4-14(15)21-18(22)12(9-20)16(24)10-27-17-7-6-11(23(25)26)8-13(17)19/h2-8,24H,10H2,1H3/b16-12-. The van der Waals surface area contributed by atoms with Crippen LogP contribution >= 0.6 is 11.6 Å². The van der Waals surface area contributed by atoms with Crippen molar-refractivity contribution < 1.29 is 14.8 Å². The van der Waals surface area contributed by atoms with Crippen molar-refractivity contribution in [1.82, 2.24) is 9.55 Å². The number of aryl methyl sites for hydroxylation is 1. The van der Waals surface area contributed by atoms with E-state index in [0.717, 1.165) is 11.6 Å². The van der Waals surface area contributed by atoms with Gasteiger partial charge in [0.1, 0.15) is 24.0 Å². The molecule has 2 aromatic carbocycles. The number of fused-ring (bicyclic) bond motifs is 1. The molecule has 3 aromatic rings. The summed E-state index contributed by atoms with van der Waals surface area (Å²) >= 11 is 5.96. The summed E-state index contributed by atoms with van der Waals surface area (Å²) in [5.74, 6) is 0.121. The van der Waals surface area contributed by atoms with E-state index < -0.39 is 4.92 Å². The van der Waals surface area contributed by atoms with E-state index >= 15 is 0 Å². The van der Waals surface area contributed by atoms with Crippen LogP contribution in [0.4, 0.5) is 5.69 Å². The molecule has 27 heavy (non-hydrogen) atoms. The van der Waals surface area contributed by atoms with Crippen LogP contribution < -0.4 is 4.74 Å². The van der Waals surface area contributed by atoms with Gasteiger partial charge in [0.15, 0.2) is 11.6 Å². The molecule has 136 valence electrons. The van der Waals surface area contributed by atoms with E-state index in [1.54, 1.807) is 17.7 Å². The van der Waals surface area contributed by atoms with Crippen molar-refractivity contribution in [1.29, 1.82) is 5.26 Å². The zero-order valence-electron chi connectivity index (χ0n) is 14.1. The smallest absolute Gasteiger partial charge is 0.271 e. The lowest BCUT2D eigenvalue weighted by molar-refractivity contribution is -0.384. The first-order valence-electron chi connectivity index (χ1n) is 7.73. The summed E-state index contributed by atoms with van der Waals surface area (Å²) in [5.41, 5.74) is 1.29. The lowest BCUT2D eigenvalue weighted by atomic mass is 10.2. The first-order chi connectivity index (χ1) is 12.9. The van der Waals surface area contributed by atoms with Crippen molar-refractivity contribution in [2.75, 3.05) is 6.61 Å². The van der Waals surface area contributed by atoms with Crippen LogP contribution in [0.25, 0.3) is 16.6 Å². The molecule has 0 saturated heterocycles. The third kappa shape index (κ3) is 3.54. The molecular weight excluding hydrogens is 372 g/mol. The fraction of sp³-hybridized carbons (Fsp3) is 0.111. The Morgan fingerprint density at radius 2 is 2.15 bits per heavy atom. The number of rotatable bonds is 5. The first-order valence-corrected chi connectivity index (χ1v) is 8.11. The molecule has 8 nitrogen and oxygen atoms in total. The number of nitrogens with zero attached hydrogens (tertiary/aromatic N) is 4. The van der Waals surface area contributed by atoms with Gasteiger partial charge >= 0.3 is 0 Å². The zero-order valence-corrected chi connectivity index (χ0v) is 14.8. The number of hydrogen-bond donors (Lipinski definition) is 1. The SMILES string of the molecule is Cn1c(/C(C#N)=C(\O)COc2ccc([N+](=O)[O-])cc2Cl)nc2ccccc21. The molecule has 1 aromatic heterocycles. The number of para-hydroxylation sites is 2. The number of nitro benzene ring substituents is 1. The molecule has 9 heteroatoms. The van der Waals surface area contributed by atoms with Crippen LogP contribution in [0.1, 0.15) is 5.82 Å². The Balaban J connectivity index is 1.89. The van der Waals surface area contributed by atoms with E-state index in [-0.39, 0.29) is 34.4 Å². The Kier molecular flexibility index (Phi) is 4.96. The normalized spacial score (nSPS) is 11.7. The maximum Gasteiger partial charge on any atom is 0.271 e. The summed E-state index contributed by atoms with van der Waals surface area (Å²) in [4.78, 5) is 14.5. The van der Waals surface area contributed by atoms with E-state index in [1.807, 2.05) is 24.3 Å². The summed E-state index contributed by atoms with van der Waals surface area (Å²) in [6, 6.07) is 13.0. The molecule has 3 rings (SSSR count). The van der Waals surface area contributed by atoms with Gasteiger partial charge in [-0.3, -0.25) is 10.1 Å². The number of benzene rings is 2. The summed E-state index contributed by atoms with van der Waals surface area (Å²) in [6.45, 7) is -0.344. The summed E-state index contributed by atoms with van der Waals surface area (Å²) in [6.07, 6.45) is 0. The fourth-order valence-electron chi connectivity index (χ4n) is 2.55. The molecule has 0 aliphatic carbocycles. The minimum absolute atomic E-state index is 0.0261. The fourth-order valence-corrected chi connectivity index (χ4v) is 2.78. The first kappa shape index (κ1) is 18.2. The van der Waals surface area contributed by atoms with Crippen molar-refractivity contribution >= 4 is 33.9 Å². The monoisotopic (exact) mass is 384 g/mol. The van der Waals surface area contributed by atoms with E-state index in [1.165, 1.54) is 12.1 Å². The van der Waals surface area contributed by atoms with Gasteiger partial charge in [-0.1, -0.05) is 23.7 Å². The topological polar surface area (TPSA) is 114 Å². The van der Waals surface area contributed by atoms with Gasteiger partial charge in [0.25, 0.3) is 5.69 Å². The molecule has 0 atom stereocenters. The molecule has 0 bridgehead atoms. The molecule has 1 N–H and O–H groups in total. The van der Waals surface area contributed by atoms with Crippen LogP contribution in [-0.4, -0.2) is 26.2 Å². The molecular formula is C18H13ClN4O4. The second-order valence-corrected chi connectivity index (χ2v) is 5.98. The number of aromatic nitrogens is 2. The highest BCUT2D eigenvalue weighted by Crippen LogP contribution is 2.29. The average Bonchev–Trinajstić information content (AvgIpc) is 2.98. The molecule has 0 spiro atoms. The van der Waals surface area contributed by atoms with Gasteiger partial charge in [-0.25, -0.2) is 4.98 Å². The highest BCUT2D eigenvalue weighted by atomic mass is 35.5. The van der Waals surface area contributed by atoms with Crippen molar-refractivity contribution in [3.63, 3.8) is 0 Å². The lowest BCUT2D eigenvalue weighted by Gasteiger charge is -2.09. The molecule has 1 heterocycles. The van der Waals surface area contributed by atoms with Crippen molar-refractivity contribution in [2.24, 2.45) is 7.05 Å². The third-order valence-electron chi connectivity index (χ3n) is 3.90. The number of non-ortho nitro benzene ring substituents is 1. The highest BCUT2D eigenvalue weighted by molar-refractivity contribution is 6.32. The second kappa shape index (κ2) is 7.35. The Morgan fingerprint density at radius 1 is 1.41 bits per heavy atom. The molecule has 0 fully saturated rings. The largest absolute Gasteiger partial charge is 0.507 e. The van der Waals surface area contributed by atoms with Gasteiger partial charge in [0.2, 0.25) is 0 Å². The van der Waals surface area contributed by atoms with Crippen LogP contribution in [0.15, 0.2) is 48.2 Å². The minimum atomic E-state index is -0.577. The third-order valence-corrected chi connectivity index (χ3v) is 4.20. The molecule has 0 aliphatic rings. The number of allylic oxidation sites excluding steroid dienone is 1. The molecule has 0 aliphatic heterocycles. The quantitative estimate of drug-likeness (QED) is 0.307. The second-order valence-electron chi connectivity index (χ2n) is 5.58. The van der Waals surface area contributed by atoms with Crippen LogP contribution in [0.5, 0.6) is 5.75 Å². The minimum Gasteiger partial charge on any atom is -0.507 e. The summed E-state index contributed by atoms with van der Waals surface area (Å²) < 4.78 is 7.10. The van der Waals surface area contributed by atoms with Gasteiger partial charge in [0, 0.05) is 19.2 Å². The van der Waals surface area contributed by atoms with Crippen molar-refractivity contribution in [2.45, 2.75) is 0 Å². The molecule has 0 saturated carbocycles. The number of halogens is 1. The van der Waals surface area contributed by atoms with E-state index in [4.69, 9.17) is 16.3 Å². The van der Waals surface area contributed by atoms with Crippen molar-refractivity contribution in [3.05, 3.63) is 69.2 Å². The maximum absolute atomic E-state index is 10.7. The number of nitriles is 1. The van der Waals surface area contributed by atoms with E-state index in [0.29, 0.717) is 11.3 Å². The van der Waals surface area contributed by atoms with Crippen LogP contribution in [-0.2, 0) is 7.05 Å². The lowest BCUT2D eigenvalue weighted by Crippen LogP contribution is -2.06.